The van der Waals surface area contributed by atoms with Crippen molar-refractivity contribution in [3.05, 3.63) is 77.5 Å². The first-order valence-corrected chi connectivity index (χ1v) is 9.85. The summed E-state index contributed by atoms with van der Waals surface area (Å²) in [4.78, 5) is 14.7. The summed E-state index contributed by atoms with van der Waals surface area (Å²) >= 11 is 0. The number of rotatable bonds is 6. The number of methoxy groups -OCH3 is 1. The molecule has 0 saturated heterocycles. The summed E-state index contributed by atoms with van der Waals surface area (Å²) in [5.41, 5.74) is 3.72. The van der Waals surface area contributed by atoms with Crippen molar-refractivity contribution in [1.82, 2.24) is 10.2 Å². The fraction of sp³-hybridized carbons (Fsp3) is 0.261. The van der Waals surface area contributed by atoms with Gasteiger partial charge in [-0.15, -0.1) is 10.2 Å². The first kappa shape index (κ1) is 18.9. The molecule has 3 aromatic rings. The zero-order valence-electron chi connectivity index (χ0n) is 16.5. The highest BCUT2D eigenvalue weighted by Crippen LogP contribution is 2.27. The second-order valence-corrected chi connectivity index (χ2v) is 7.02. The average Bonchev–Trinajstić information content (AvgIpc) is 2.79. The van der Waals surface area contributed by atoms with E-state index in [4.69, 9.17) is 4.74 Å². The second kappa shape index (κ2) is 8.73. The van der Waals surface area contributed by atoms with Gasteiger partial charge in [-0.1, -0.05) is 30.3 Å². The molecule has 1 amide bonds. The number of nitrogens with zero attached hydrogens (tertiary/aromatic N) is 3. The maximum atomic E-state index is 12.9. The number of hydrogen-bond donors (Lipinski definition) is 1. The van der Waals surface area contributed by atoms with Crippen LogP contribution in [0.3, 0.4) is 0 Å². The minimum absolute atomic E-state index is 0.104. The number of nitrogens with one attached hydrogen (secondary N) is 1. The first-order valence-electron chi connectivity index (χ1n) is 9.85. The van der Waals surface area contributed by atoms with E-state index in [9.17, 15) is 4.79 Å². The molecule has 4 rings (SSSR count). The highest BCUT2D eigenvalue weighted by Gasteiger charge is 2.24. The Labute approximate surface area is 170 Å². The zero-order chi connectivity index (χ0) is 20.1. The molecule has 1 aliphatic heterocycles. The van der Waals surface area contributed by atoms with E-state index in [-0.39, 0.29) is 5.91 Å². The molecule has 1 N–H and O–H groups in total. The summed E-state index contributed by atoms with van der Waals surface area (Å²) in [6.07, 6.45) is 2.80. The van der Waals surface area contributed by atoms with Crippen molar-refractivity contribution in [2.24, 2.45) is 0 Å². The van der Waals surface area contributed by atoms with Crippen LogP contribution >= 0.6 is 0 Å². The summed E-state index contributed by atoms with van der Waals surface area (Å²) in [5, 5.41) is 11.6. The van der Waals surface area contributed by atoms with E-state index in [1.807, 2.05) is 42.5 Å². The van der Waals surface area contributed by atoms with Crippen molar-refractivity contribution in [3.8, 4) is 5.75 Å². The number of aromatic nitrogens is 2. The van der Waals surface area contributed by atoms with Crippen LogP contribution < -0.4 is 15.0 Å². The molecule has 2 aromatic carbocycles. The van der Waals surface area contributed by atoms with Crippen molar-refractivity contribution >= 4 is 17.4 Å². The first-order chi connectivity index (χ1) is 14.2. The van der Waals surface area contributed by atoms with E-state index in [0.29, 0.717) is 24.6 Å². The van der Waals surface area contributed by atoms with Crippen LogP contribution in [0.25, 0.3) is 0 Å². The molecule has 1 aromatic heterocycles. The number of aryl methyl sites for hydroxylation is 1. The lowest BCUT2D eigenvalue weighted by atomic mass is 10.0. The van der Waals surface area contributed by atoms with Crippen molar-refractivity contribution in [1.29, 1.82) is 0 Å². The molecule has 1 aliphatic rings. The summed E-state index contributed by atoms with van der Waals surface area (Å²) in [6.45, 7) is 1.42. The lowest BCUT2D eigenvalue weighted by Gasteiger charge is -2.29. The van der Waals surface area contributed by atoms with Gasteiger partial charge < -0.3 is 15.0 Å². The molecule has 0 atom stereocenters. The topological polar surface area (TPSA) is 67.3 Å². The number of amides is 1. The summed E-state index contributed by atoms with van der Waals surface area (Å²) in [5.74, 6) is 1.40. The number of ether oxygens (including phenoxy) is 1. The van der Waals surface area contributed by atoms with Gasteiger partial charge in [0.05, 0.1) is 7.11 Å². The summed E-state index contributed by atoms with van der Waals surface area (Å²) < 4.78 is 5.25. The molecular formula is C23H24N4O2. The number of anilines is 2. The Morgan fingerprint density at radius 1 is 1.10 bits per heavy atom. The molecule has 0 fully saturated rings. The molecule has 29 heavy (non-hydrogen) atoms. The van der Waals surface area contributed by atoms with Gasteiger partial charge in [0.15, 0.2) is 5.69 Å². The number of fused-ring (bicyclic) bond motifs is 1. The molecule has 0 unspecified atom stereocenters. The Balaban J connectivity index is 1.37. The second-order valence-electron chi connectivity index (χ2n) is 7.02. The molecule has 0 radical (unpaired) electrons. The largest absolute Gasteiger partial charge is 0.497 e. The number of benzene rings is 2. The lowest BCUT2D eigenvalue weighted by Crippen LogP contribution is -2.36. The van der Waals surface area contributed by atoms with E-state index in [1.165, 1.54) is 11.1 Å². The predicted octanol–water partition coefficient (Wildman–Crippen LogP) is 3.73. The van der Waals surface area contributed by atoms with Crippen LogP contribution in [0.4, 0.5) is 11.5 Å². The van der Waals surface area contributed by atoms with Crippen LogP contribution in [-0.4, -0.2) is 36.3 Å². The van der Waals surface area contributed by atoms with Gasteiger partial charge in [-0.05, 0) is 60.7 Å². The highest BCUT2D eigenvalue weighted by atomic mass is 16.5. The number of carbonyl (C=O) groups is 1. The maximum Gasteiger partial charge on any atom is 0.278 e. The summed E-state index contributed by atoms with van der Waals surface area (Å²) in [7, 11) is 1.66. The minimum Gasteiger partial charge on any atom is -0.497 e. The van der Waals surface area contributed by atoms with E-state index in [0.717, 1.165) is 30.7 Å². The van der Waals surface area contributed by atoms with E-state index in [1.54, 1.807) is 18.1 Å². The monoisotopic (exact) mass is 388 g/mol. The molecule has 0 aliphatic carbocycles. The smallest absolute Gasteiger partial charge is 0.278 e. The molecule has 6 nitrogen and oxygen atoms in total. The Morgan fingerprint density at radius 3 is 2.83 bits per heavy atom. The normalized spacial score (nSPS) is 12.9. The van der Waals surface area contributed by atoms with Crippen molar-refractivity contribution in [2.75, 3.05) is 30.4 Å². The van der Waals surface area contributed by atoms with Crippen molar-refractivity contribution in [3.63, 3.8) is 0 Å². The Bertz CT molecular complexity index is 988. The average molecular weight is 388 g/mol. The van der Waals surface area contributed by atoms with Crippen LogP contribution in [0.1, 0.15) is 28.0 Å². The number of para-hydroxylation sites is 1. The van der Waals surface area contributed by atoms with Crippen LogP contribution in [0.5, 0.6) is 5.75 Å². The van der Waals surface area contributed by atoms with Crippen LogP contribution in [0.15, 0.2) is 60.7 Å². The third-order valence-corrected chi connectivity index (χ3v) is 5.09. The van der Waals surface area contributed by atoms with Crippen molar-refractivity contribution in [2.45, 2.75) is 19.3 Å². The SMILES string of the molecule is COc1cccc(CCNc2ccc(C(=O)N3CCCc4ccccc43)nn2)c1. The van der Waals surface area contributed by atoms with E-state index >= 15 is 0 Å². The third-order valence-electron chi connectivity index (χ3n) is 5.09. The molecular weight excluding hydrogens is 364 g/mol. The van der Waals surface area contributed by atoms with E-state index in [2.05, 4.69) is 27.6 Å². The van der Waals surface area contributed by atoms with Gasteiger partial charge in [-0.3, -0.25) is 4.79 Å². The Morgan fingerprint density at radius 2 is 2.00 bits per heavy atom. The van der Waals surface area contributed by atoms with Crippen LogP contribution in [0, 0.1) is 0 Å². The van der Waals surface area contributed by atoms with Gasteiger partial charge in [0.25, 0.3) is 5.91 Å². The number of hydrogen-bond acceptors (Lipinski definition) is 5. The standard InChI is InChI=1S/C23H24N4O2/c1-29-19-9-4-6-17(16-19)13-14-24-22-12-11-20(25-26-22)23(28)27-15-5-8-18-7-2-3-10-21(18)27/h2-4,6-7,9-12,16H,5,8,13-15H2,1H3,(H,24,26). The quantitative estimate of drug-likeness (QED) is 0.697. The number of carbonyl (C=O) groups excluding carboxylic acids is 1. The van der Waals surface area contributed by atoms with Gasteiger partial charge in [0, 0.05) is 18.8 Å². The lowest BCUT2D eigenvalue weighted by molar-refractivity contribution is 0.0979. The Hall–Kier alpha value is -3.41. The fourth-order valence-electron chi connectivity index (χ4n) is 3.59. The Kier molecular flexibility index (Phi) is 5.70. The highest BCUT2D eigenvalue weighted by molar-refractivity contribution is 6.05. The van der Waals surface area contributed by atoms with Gasteiger partial charge >= 0.3 is 0 Å². The van der Waals surface area contributed by atoms with E-state index < -0.39 is 0 Å². The maximum absolute atomic E-state index is 12.9. The van der Waals surface area contributed by atoms with Gasteiger partial charge in [0.2, 0.25) is 0 Å². The van der Waals surface area contributed by atoms with Gasteiger partial charge in [-0.25, -0.2) is 0 Å². The van der Waals surface area contributed by atoms with Crippen LogP contribution in [0.2, 0.25) is 0 Å². The molecule has 0 spiro atoms. The molecule has 0 bridgehead atoms. The molecule has 2 heterocycles. The summed E-state index contributed by atoms with van der Waals surface area (Å²) in [6, 6.07) is 19.6. The molecule has 6 heteroatoms. The molecule has 0 saturated carbocycles. The fourth-order valence-corrected chi connectivity index (χ4v) is 3.59. The van der Waals surface area contributed by atoms with Crippen molar-refractivity contribution < 1.29 is 9.53 Å². The zero-order valence-corrected chi connectivity index (χ0v) is 16.5. The van der Waals surface area contributed by atoms with Gasteiger partial charge in [0.1, 0.15) is 11.6 Å². The predicted molar refractivity (Wildman–Crippen MR) is 114 cm³/mol. The minimum atomic E-state index is -0.104. The molecule has 148 valence electrons. The third kappa shape index (κ3) is 4.37. The van der Waals surface area contributed by atoms with Crippen LogP contribution in [-0.2, 0) is 12.8 Å². The van der Waals surface area contributed by atoms with Gasteiger partial charge in [-0.2, -0.15) is 0 Å².